The number of nitrogens with zero attached hydrogens (tertiary/aromatic N) is 3. The molecule has 4 heterocycles. The molecule has 0 aliphatic carbocycles. The molecule has 1 spiro atoms. The van der Waals surface area contributed by atoms with Crippen molar-refractivity contribution in [3.63, 3.8) is 0 Å². The lowest BCUT2D eigenvalue weighted by Crippen LogP contribution is -2.57. The van der Waals surface area contributed by atoms with E-state index in [1.54, 1.807) is 22.9 Å². The second-order valence-electron chi connectivity index (χ2n) is 12.0. The molecule has 0 aromatic heterocycles. The summed E-state index contributed by atoms with van der Waals surface area (Å²) in [5, 5.41) is 9.63. The second kappa shape index (κ2) is 12.5. The number of benzene rings is 1. The lowest BCUT2D eigenvalue weighted by Gasteiger charge is -2.37. The van der Waals surface area contributed by atoms with Gasteiger partial charge in [-0.3, -0.25) is 19.2 Å². The van der Waals surface area contributed by atoms with Crippen LogP contribution in [0.3, 0.4) is 0 Å². The smallest absolute Gasteiger partial charge is 0.313 e. The van der Waals surface area contributed by atoms with Crippen molar-refractivity contribution >= 4 is 39.6 Å². The Morgan fingerprint density at radius 3 is 2.47 bits per heavy atom. The third-order valence-electron chi connectivity index (χ3n) is 9.20. The van der Waals surface area contributed by atoms with Gasteiger partial charge in [0.15, 0.2) is 0 Å². The van der Waals surface area contributed by atoms with Crippen molar-refractivity contribution in [2.24, 2.45) is 11.8 Å². The van der Waals surface area contributed by atoms with Crippen molar-refractivity contribution in [3.8, 4) is 0 Å². The van der Waals surface area contributed by atoms with Crippen LogP contribution in [-0.2, 0) is 28.7 Å². The number of aliphatic hydroxyl groups is 1. The number of likely N-dealkylation sites (N-methyl/N-ethyl adjacent to an activating group) is 1. The zero-order valence-corrected chi connectivity index (χ0v) is 26.6. The van der Waals surface area contributed by atoms with Crippen LogP contribution in [0, 0.1) is 11.8 Å². The number of halogens is 1. The van der Waals surface area contributed by atoms with Gasteiger partial charge in [-0.25, -0.2) is 0 Å². The quantitative estimate of drug-likeness (QED) is 0.382. The number of carbonyl (C=O) groups is 4. The third kappa shape index (κ3) is 5.44. The highest BCUT2D eigenvalue weighted by Crippen LogP contribution is 2.59. The first kappa shape index (κ1) is 31.4. The van der Waals surface area contributed by atoms with Crippen LogP contribution < -0.4 is 0 Å². The Morgan fingerprint density at radius 2 is 1.79 bits per heavy atom. The molecule has 5 bridgehead atoms. The minimum atomic E-state index is -1.37. The molecule has 0 radical (unpaired) electrons. The molecule has 1 aromatic carbocycles. The summed E-state index contributed by atoms with van der Waals surface area (Å²) in [5.74, 6) is -3.38. The molecule has 4 aliphatic rings. The van der Waals surface area contributed by atoms with E-state index in [0.29, 0.717) is 10.9 Å². The zero-order valence-electron chi connectivity index (χ0n) is 25.0. The van der Waals surface area contributed by atoms with Crippen LogP contribution in [0.15, 0.2) is 53.0 Å². The molecule has 3 amide bonds. The number of ether oxygens (including phenoxy) is 2. The van der Waals surface area contributed by atoms with E-state index < -0.39 is 47.7 Å². The van der Waals surface area contributed by atoms with E-state index in [0.717, 1.165) is 5.56 Å². The minimum absolute atomic E-state index is 0.100. The Bertz CT molecular complexity index is 1320. The highest BCUT2D eigenvalue weighted by molar-refractivity contribution is 9.11. The summed E-state index contributed by atoms with van der Waals surface area (Å²) in [6.45, 7) is 5.92. The summed E-state index contributed by atoms with van der Waals surface area (Å²) in [5.41, 5.74) is -0.653. The maximum atomic E-state index is 14.4. The van der Waals surface area contributed by atoms with E-state index in [2.05, 4.69) is 15.9 Å². The van der Waals surface area contributed by atoms with Crippen LogP contribution in [-0.4, -0.2) is 100 Å². The molecule has 1 aromatic rings. The van der Waals surface area contributed by atoms with E-state index in [-0.39, 0.29) is 56.3 Å². The van der Waals surface area contributed by atoms with E-state index in [9.17, 15) is 24.3 Å². The van der Waals surface area contributed by atoms with Crippen molar-refractivity contribution in [3.05, 3.63) is 58.6 Å². The number of allylic oxidation sites excluding steroid dienone is 1. The fourth-order valence-corrected chi connectivity index (χ4v) is 7.61. The van der Waals surface area contributed by atoms with E-state index in [4.69, 9.17) is 9.47 Å². The fourth-order valence-electron chi connectivity index (χ4n) is 6.87. The number of amides is 3. The molecular weight excluding hydrogens is 618 g/mol. The molecule has 43 heavy (non-hydrogen) atoms. The van der Waals surface area contributed by atoms with Gasteiger partial charge in [-0.05, 0) is 45.3 Å². The van der Waals surface area contributed by atoms with Gasteiger partial charge in [0.1, 0.15) is 29.8 Å². The van der Waals surface area contributed by atoms with Gasteiger partial charge in [0.05, 0.1) is 12.0 Å². The lowest BCUT2D eigenvalue weighted by molar-refractivity contribution is -0.164. The van der Waals surface area contributed by atoms with Crippen LogP contribution in [0.25, 0.3) is 0 Å². The van der Waals surface area contributed by atoms with Gasteiger partial charge in [-0.2, -0.15) is 0 Å². The predicted octanol–water partition coefficient (Wildman–Crippen LogP) is 2.96. The molecule has 2 fully saturated rings. The van der Waals surface area contributed by atoms with Crippen molar-refractivity contribution in [1.82, 2.24) is 14.7 Å². The number of hydrogen-bond donors (Lipinski definition) is 1. The summed E-state index contributed by atoms with van der Waals surface area (Å²) >= 11 is 3.57. The molecule has 232 valence electrons. The van der Waals surface area contributed by atoms with Crippen LogP contribution in [0.4, 0.5) is 0 Å². The molecule has 10 nitrogen and oxygen atoms in total. The first-order chi connectivity index (χ1) is 20.5. The van der Waals surface area contributed by atoms with Gasteiger partial charge in [-0.15, -0.1) is 0 Å². The SMILES string of the molecule is CC(C)N1C/C=C\CCC(=O)N(C)[C@@H](C)[C@H](c2ccccc2)OC(=O)[C@H]2[C@@H]3O[C@@]4(C=C3Br)[C@@H]2C(=O)N(CCCO)[C@@H]4C1=O. The average molecular weight is 659 g/mol. The number of aliphatic hydroxyl groups excluding tert-OH is 1. The molecule has 7 atom stereocenters. The van der Waals surface area contributed by atoms with Crippen LogP contribution in [0.2, 0.25) is 0 Å². The van der Waals surface area contributed by atoms with Crippen molar-refractivity contribution in [2.75, 3.05) is 26.7 Å². The Kier molecular flexibility index (Phi) is 9.15. The molecular formula is C32H40BrN3O7. The van der Waals surface area contributed by atoms with Crippen LogP contribution >= 0.6 is 15.9 Å². The predicted molar refractivity (Wildman–Crippen MR) is 162 cm³/mol. The maximum Gasteiger partial charge on any atom is 0.313 e. The van der Waals surface area contributed by atoms with Gasteiger partial charge < -0.3 is 29.3 Å². The number of rotatable bonds is 5. The number of hydrogen-bond acceptors (Lipinski definition) is 7. The largest absolute Gasteiger partial charge is 0.455 e. The van der Waals surface area contributed by atoms with Gasteiger partial charge in [-0.1, -0.05) is 58.4 Å². The molecule has 11 heteroatoms. The number of esters is 1. The Balaban J connectivity index is 1.62. The molecule has 0 saturated carbocycles. The Labute approximate surface area is 260 Å². The summed E-state index contributed by atoms with van der Waals surface area (Å²) < 4.78 is 13.4. The fraction of sp³-hybridized carbons (Fsp3) is 0.562. The third-order valence-corrected chi connectivity index (χ3v) is 9.88. The first-order valence-electron chi connectivity index (χ1n) is 15.0. The van der Waals surface area contributed by atoms with Gasteiger partial charge in [0, 0.05) is 43.7 Å². The van der Waals surface area contributed by atoms with Gasteiger partial charge in [0.2, 0.25) is 17.7 Å². The number of cyclic esters (lactones) is 1. The maximum absolute atomic E-state index is 14.4. The highest BCUT2D eigenvalue weighted by atomic mass is 79.9. The topological polar surface area (TPSA) is 117 Å². The minimum Gasteiger partial charge on any atom is -0.455 e. The van der Waals surface area contributed by atoms with Crippen molar-refractivity contribution in [2.45, 2.75) is 76.0 Å². The highest BCUT2D eigenvalue weighted by Gasteiger charge is 2.75. The summed E-state index contributed by atoms with van der Waals surface area (Å²) in [6, 6.07) is 7.52. The lowest BCUT2D eigenvalue weighted by atomic mass is 9.74. The summed E-state index contributed by atoms with van der Waals surface area (Å²) in [6.07, 6.45) is 4.95. The van der Waals surface area contributed by atoms with Gasteiger partial charge >= 0.3 is 5.97 Å². The Morgan fingerprint density at radius 1 is 1.07 bits per heavy atom. The molecule has 0 unspecified atom stereocenters. The van der Waals surface area contributed by atoms with Crippen molar-refractivity contribution in [1.29, 1.82) is 0 Å². The monoisotopic (exact) mass is 657 g/mol. The number of fused-ring (bicyclic) bond motifs is 2. The standard InChI is InChI=1S/C32H40BrN3O7/c1-19(2)35-15-10-6-9-14-23(38)34(4)20(3)26(21-12-7-5-8-13-21)42-31(41)24-25-29(39)36(16-11-17-37)28(30(35)40)32(25)18-22(33)27(24)43-32/h5-8,10,12-13,18-20,24-28,37H,9,11,14-17H2,1-4H3/b10-6-/t20-,24+,25-,26+,27+,28+,32-/m0/s1. The molecule has 4 aliphatic heterocycles. The van der Waals surface area contributed by atoms with E-state index in [1.807, 2.05) is 63.3 Å². The Hall–Kier alpha value is -3.02. The molecule has 2 saturated heterocycles. The number of carbonyl (C=O) groups excluding carboxylic acids is 4. The number of likely N-dealkylation sites (tertiary alicyclic amines) is 1. The van der Waals surface area contributed by atoms with Gasteiger partial charge in [0.25, 0.3) is 0 Å². The van der Waals surface area contributed by atoms with Crippen LogP contribution in [0.1, 0.15) is 51.7 Å². The second-order valence-corrected chi connectivity index (χ2v) is 13.0. The van der Waals surface area contributed by atoms with Crippen LogP contribution in [0.5, 0.6) is 0 Å². The van der Waals surface area contributed by atoms with E-state index in [1.165, 1.54) is 4.90 Å². The molecule has 5 rings (SSSR count). The summed E-state index contributed by atoms with van der Waals surface area (Å²) in [7, 11) is 1.70. The van der Waals surface area contributed by atoms with E-state index >= 15 is 0 Å². The first-order valence-corrected chi connectivity index (χ1v) is 15.8. The normalized spacial score (nSPS) is 34.1. The summed E-state index contributed by atoms with van der Waals surface area (Å²) in [4.78, 5) is 60.7. The average Bonchev–Trinajstić information content (AvgIpc) is 3.58. The molecule has 1 N–H and O–H groups in total. The van der Waals surface area contributed by atoms with Crippen molar-refractivity contribution < 1.29 is 33.8 Å². The zero-order chi connectivity index (χ0) is 31.1.